The highest BCUT2D eigenvalue weighted by Crippen LogP contribution is 2.39. The number of hydrogen-bond acceptors (Lipinski definition) is 10. The van der Waals surface area contributed by atoms with Gasteiger partial charge in [0.1, 0.15) is 36.1 Å². The van der Waals surface area contributed by atoms with Gasteiger partial charge in [0, 0.05) is 44.7 Å². The average Bonchev–Trinajstić information content (AvgIpc) is 3.30. The van der Waals surface area contributed by atoms with Crippen molar-refractivity contribution in [1.82, 2.24) is 44.4 Å². The van der Waals surface area contributed by atoms with E-state index in [1.54, 1.807) is 23.3 Å². The van der Waals surface area contributed by atoms with Crippen LogP contribution >= 0.6 is 0 Å². The third-order valence-corrected chi connectivity index (χ3v) is 7.34. The van der Waals surface area contributed by atoms with Crippen LogP contribution in [-0.2, 0) is 14.1 Å². The van der Waals surface area contributed by atoms with Crippen molar-refractivity contribution in [3.8, 4) is 28.5 Å². The molecule has 1 aliphatic carbocycles. The molecule has 0 atom stereocenters. The summed E-state index contributed by atoms with van der Waals surface area (Å²) in [6.45, 7) is 6.24. The van der Waals surface area contributed by atoms with Crippen molar-refractivity contribution in [2.24, 2.45) is 14.1 Å². The highest BCUT2D eigenvalue weighted by atomic mass is 16.5. The van der Waals surface area contributed by atoms with Gasteiger partial charge in [-0.15, -0.1) is 10.2 Å². The number of amides is 1. The SMILES string of the molecule is CCNc1cc(-c2c(-c3nncn3C)cnn2C)cc(NC(=O)c2cc(OCCN3CCCC3)nc(C3CC3)n2)n1. The molecule has 13 nitrogen and oxygen atoms in total. The fourth-order valence-electron chi connectivity index (χ4n) is 5.10. The maximum atomic E-state index is 13.5. The van der Waals surface area contributed by atoms with Crippen LogP contribution in [0.25, 0.3) is 22.6 Å². The lowest BCUT2D eigenvalue weighted by Crippen LogP contribution is -2.25. The topological polar surface area (TPSA) is 141 Å². The van der Waals surface area contributed by atoms with Gasteiger partial charge >= 0.3 is 0 Å². The number of hydrogen-bond donors (Lipinski definition) is 2. The highest BCUT2D eigenvalue weighted by molar-refractivity contribution is 6.03. The number of likely N-dealkylation sites (tertiary alicyclic amines) is 1. The maximum absolute atomic E-state index is 13.5. The second-order valence-corrected chi connectivity index (χ2v) is 10.5. The van der Waals surface area contributed by atoms with E-state index in [0.29, 0.717) is 42.3 Å². The lowest BCUT2D eigenvalue weighted by molar-refractivity contribution is 0.102. The summed E-state index contributed by atoms with van der Waals surface area (Å²) < 4.78 is 9.61. The number of pyridine rings is 1. The van der Waals surface area contributed by atoms with Crippen molar-refractivity contribution in [3.63, 3.8) is 0 Å². The third-order valence-electron chi connectivity index (χ3n) is 7.34. The first-order valence-electron chi connectivity index (χ1n) is 14.2. The molecule has 0 aromatic carbocycles. The Morgan fingerprint density at radius 3 is 2.61 bits per heavy atom. The third kappa shape index (κ3) is 6.04. The molecule has 0 radical (unpaired) electrons. The van der Waals surface area contributed by atoms with Crippen LogP contribution in [0.3, 0.4) is 0 Å². The molecule has 214 valence electrons. The maximum Gasteiger partial charge on any atom is 0.275 e. The van der Waals surface area contributed by atoms with Gasteiger partial charge in [-0.25, -0.2) is 9.97 Å². The van der Waals surface area contributed by atoms with Crippen LogP contribution in [0, 0.1) is 0 Å². The quantitative estimate of drug-likeness (QED) is 0.283. The highest BCUT2D eigenvalue weighted by Gasteiger charge is 2.29. The van der Waals surface area contributed by atoms with Gasteiger partial charge in [-0.2, -0.15) is 10.1 Å². The monoisotopic (exact) mass is 557 g/mol. The molecule has 0 unspecified atom stereocenters. The van der Waals surface area contributed by atoms with Crippen LogP contribution in [0.2, 0.25) is 0 Å². The molecule has 2 N–H and O–H groups in total. The van der Waals surface area contributed by atoms with Gasteiger partial charge in [-0.1, -0.05) is 0 Å². The fraction of sp³-hybridized carbons (Fsp3) is 0.464. The first-order chi connectivity index (χ1) is 20.0. The lowest BCUT2D eigenvalue weighted by atomic mass is 10.1. The zero-order valence-corrected chi connectivity index (χ0v) is 23.7. The minimum Gasteiger partial charge on any atom is -0.476 e. The molecule has 1 saturated heterocycles. The molecule has 6 rings (SSSR count). The van der Waals surface area contributed by atoms with Gasteiger partial charge in [-0.05, 0) is 57.8 Å². The second kappa shape index (κ2) is 11.6. The average molecular weight is 558 g/mol. The molecule has 2 fully saturated rings. The summed E-state index contributed by atoms with van der Waals surface area (Å²) in [4.78, 5) is 29.7. The van der Waals surface area contributed by atoms with Gasteiger partial charge in [0.2, 0.25) is 5.88 Å². The number of nitrogens with one attached hydrogen (secondary N) is 2. The van der Waals surface area contributed by atoms with Crippen molar-refractivity contribution in [2.45, 2.75) is 38.5 Å². The first kappa shape index (κ1) is 26.8. The summed E-state index contributed by atoms with van der Waals surface area (Å²) >= 11 is 0. The van der Waals surface area contributed by atoms with Crippen molar-refractivity contribution in [2.75, 3.05) is 43.4 Å². The number of ether oxygens (including phenoxy) is 1. The van der Waals surface area contributed by atoms with E-state index in [1.807, 2.05) is 37.7 Å². The van der Waals surface area contributed by atoms with Gasteiger partial charge in [0.15, 0.2) is 5.82 Å². The molecule has 1 amide bonds. The van der Waals surface area contributed by atoms with Crippen LogP contribution in [-0.4, -0.2) is 83.1 Å². The molecule has 13 heteroatoms. The summed E-state index contributed by atoms with van der Waals surface area (Å²) in [5.74, 6) is 2.69. The number of rotatable bonds is 11. The second-order valence-electron chi connectivity index (χ2n) is 10.5. The van der Waals surface area contributed by atoms with Crippen LogP contribution < -0.4 is 15.4 Å². The van der Waals surface area contributed by atoms with E-state index in [-0.39, 0.29) is 17.5 Å². The van der Waals surface area contributed by atoms with Gasteiger partial charge < -0.3 is 19.9 Å². The molecule has 4 aromatic rings. The number of aryl methyl sites for hydroxylation is 2. The lowest BCUT2D eigenvalue weighted by Gasteiger charge is -2.15. The molecule has 0 bridgehead atoms. The Labute approximate surface area is 238 Å². The number of anilines is 2. The van der Waals surface area contributed by atoms with Crippen molar-refractivity contribution < 1.29 is 9.53 Å². The van der Waals surface area contributed by atoms with E-state index in [4.69, 9.17) is 4.74 Å². The van der Waals surface area contributed by atoms with Crippen LogP contribution in [0.1, 0.15) is 54.8 Å². The molecule has 5 heterocycles. The molecule has 41 heavy (non-hydrogen) atoms. The molecular formula is C28H35N11O2. The zero-order chi connectivity index (χ0) is 28.3. The van der Waals surface area contributed by atoms with E-state index in [0.717, 1.165) is 49.3 Å². The number of nitrogens with zero attached hydrogens (tertiary/aromatic N) is 9. The molecule has 0 spiro atoms. The standard InChI is InChI=1S/C28H35N11O2/c1-4-29-22-13-19(25-20(16-31-38(25)3)27-36-30-17-37(27)2)14-23(33-22)34-28(40)21-15-24(35-26(32-21)18-7-8-18)41-12-11-39-9-5-6-10-39/h13-18H,4-12H2,1-3H3,(H2,29,33,34,40). The summed E-state index contributed by atoms with van der Waals surface area (Å²) in [7, 11) is 3.75. The van der Waals surface area contributed by atoms with Gasteiger partial charge in [0.05, 0.1) is 17.5 Å². The Balaban J connectivity index is 1.27. The predicted octanol–water partition coefficient (Wildman–Crippen LogP) is 3.10. The van der Waals surface area contributed by atoms with E-state index in [9.17, 15) is 4.79 Å². The van der Waals surface area contributed by atoms with Crippen LogP contribution in [0.4, 0.5) is 11.6 Å². The fourth-order valence-corrected chi connectivity index (χ4v) is 5.10. The van der Waals surface area contributed by atoms with Crippen LogP contribution in [0.15, 0.2) is 30.7 Å². The molecule has 1 saturated carbocycles. The molecular weight excluding hydrogens is 522 g/mol. The number of carbonyl (C=O) groups excluding carboxylic acids is 1. The van der Waals surface area contributed by atoms with E-state index >= 15 is 0 Å². The Bertz CT molecular complexity index is 1540. The van der Waals surface area contributed by atoms with Crippen molar-refractivity contribution >= 4 is 17.5 Å². The van der Waals surface area contributed by atoms with E-state index in [1.165, 1.54) is 12.8 Å². The Kier molecular flexibility index (Phi) is 7.59. The van der Waals surface area contributed by atoms with Crippen LogP contribution in [0.5, 0.6) is 5.88 Å². The van der Waals surface area contributed by atoms with Crippen molar-refractivity contribution in [1.29, 1.82) is 0 Å². The largest absolute Gasteiger partial charge is 0.476 e. The smallest absolute Gasteiger partial charge is 0.275 e. The Hall–Kier alpha value is -4.39. The normalized spacial score (nSPS) is 15.3. The minimum absolute atomic E-state index is 0.260. The summed E-state index contributed by atoms with van der Waals surface area (Å²) in [5, 5.41) is 19.0. The Morgan fingerprint density at radius 2 is 1.88 bits per heavy atom. The summed E-state index contributed by atoms with van der Waals surface area (Å²) in [6, 6.07) is 5.37. The van der Waals surface area contributed by atoms with E-state index < -0.39 is 0 Å². The molecule has 2 aliphatic rings. The summed E-state index contributed by atoms with van der Waals surface area (Å²) in [5.41, 5.74) is 2.72. The number of carbonyl (C=O) groups is 1. The van der Waals surface area contributed by atoms with E-state index in [2.05, 4.69) is 45.8 Å². The molecule has 1 aliphatic heterocycles. The number of aromatic nitrogens is 8. The minimum atomic E-state index is -0.371. The zero-order valence-electron chi connectivity index (χ0n) is 23.7. The van der Waals surface area contributed by atoms with Gasteiger partial charge in [0.25, 0.3) is 5.91 Å². The predicted molar refractivity (Wildman–Crippen MR) is 154 cm³/mol. The summed E-state index contributed by atoms with van der Waals surface area (Å²) in [6.07, 6.45) is 7.92. The van der Waals surface area contributed by atoms with Gasteiger partial charge in [-0.3, -0.25) is 14.4 Å². The molecule has 4 aromatic heterocycles. The van der Waals surface area contributed by atoms with Crippen molar-refractivity contribution in [3.05, 3.63) is 42.2 Å². The first-order valence-corrected chi connectivity index (χ1v) is 14.2. The Morgan fingerprint density at radius 1 is 1.07 bits per heavy atom.